The molecule has 1 spiro atoms. The van der Waals surface area contributed by atoms with Crippen LogP contribution in [0.5, 0.6) is 11.5 Å². The van der Waals surface area contributed by atoms with Crippen molar-refractivity contribution in [3.8, 4) is 11.5 Å². The molecule has 2 saturated heterocycles. The molecule has 4 heterocycles. The van der Waals surface area contributed by atoms with Crippen LogP contribution in [0.4, 0.5) is 5.69 Å². The van der Waals surface area contributed by atoms with Crippen molar-refractivity contribution in [2.24, 2.45) is 11.8 Å². The zero-order valence-electron chi connectivity index (χ0n) is 18.3. The number of hydrogen-bond acceptors (Lipinski definition) is 7. The zero-order chi connectivity index (χ0) is 21.9. The summed E-state index contributed by atoms with van der Waals surface area (Å²) in [5.41, 5.74) is 1.61. The molecule has 5 rings (SSSR count). The number of benzene rings is 1. The van der Waals surface area contributed by atoms with E-state index in [-0.39, 0.29) is 35.9 Å². The van der Waals surface area contributed by atoms with Gasteiger partial charge in [-0.15, -0.1) is 0 Å². The van der Waals surface area contributed by atoms with Crippen LogP contribution in [0.25, 0.3) is 0 Å². The van der Waals surface area contributed by atoms with Crippen LogP contribution in [0.1, 0.15) is 25.3 Å². The number of carbonyl (C=O) groups is 2. The molecule has 1 aromatic rings. The van der Waals surface area contributed by atoms with E-state index in [4.69, 9.17) is 18.9 Å². The molecule has 31 heavy (non-hydrogen) atoms. The Labute approximate surface area is 181 Å². The number of anilines is 1. The quantitative estimate of drug-likeness (QED) is 0.738. The smallest absolute Gasteiger partial charge is 0.337 e. The molecule has 1 N–H and O–H groups in total. The van der Waals surface area contributed by atoms with E-state index in [1.807, 2.05) is 19.1 Å². The number of rotatable bonds is 3. The zero-order valence-corrected chi connectivity index (χ0v) is 18.3. The minimum atomic E-state index is -0.678. The third kappa shape index (κ3) is 2.70. The van der Waals surface area contributed by atoms with Gasteiger partial charge < -0.3 is 24.3 Å². The summed E-state index contributed by atoms with van der Waals surface area (Å²) in [5, 5.41) is 3.08. The maximum absolute atomic E-state index is 13.5. The Morgan fingerprint density at radius 1 is 1.23 bits per heavy atom. The second kappa shape index (κ2) is 7.15. The van der Waals surface area contributed by atoms with E-state index in [1.54, 1.807) is 20.5 Å². The van der Waals surface area contributed by atoms with E-state index in [0.717, 1.165) is 30.8 Å². The van der Waals surface area contributed by atoms with E-state index in [2.05, 4.69) is 10.2 Å². The summed E-state index contributed by atoms with van der Waals surface area (Å²) < 4.78 is 21.8. The van der Waals surface area contributed by atoms with Gasteiger partial charge in [0.25, 0.3) is 0 Å². The van der Waals surface area contributed by atoms with E-state index < -0.39 is 5.41 Å². The standard InChI is InChI=1S/C23H28N2O6/c1-12-14-10-25-6-5-23(20(25)7-13(14)15(11-31-12)21(26)30-4)16-8-18(28-2)19(29-3)9-17(16)24-22(23)27/h8-9,11-14,20H,5-7,10H2,1-4H3,(H,24,27)/t12?,13-,14-,20-,23+/m1/s1. The first-order valence-corrected chi connectivity index (χ1v) is 10.7. The van der Waals surface area contributed by atoms with Gasteiger partial charge in [0.05, 0.1) is 44.7 Å². The number of amides is 1. The fourth-order valence-electron chi connectivity index (χ4n) is 6.14. The van der Waals surface area contributed by atoms with E-state index in [9.17, 15) is 9.59 Å². The second-order valence-corrected chi connectivity index (χ2v) is 8.85. The van der Waals surface area contributed by atoms with E-state index in [0.29, 0.717) is 23.5 Å². The maximum atomic E-state index is 13.5. The van der Waals surface area contributed by atoms with E-state index in [1.165, 1.54) is 7.11 Å². The maximum Gasteiger partial charge on any atom is 0.337 e. The van der Waals surface area contributed by atoms with Gasteiger partial charge in [-0.05, 0) is 37.9 Å². The van der Waals surface area contributed by atoms with Gasteiger partial charge in [-0.1, -0.05) is 0 Å². The monoisotopic (exact) mass is 428 g/mol. The van der Waals surface area contributed by atoms with Gasteiger partial charge in [-0.3, -0.25) is 9.69 Å². The Bertz CT molecular complexity index is 975. The highest BCUT2D eigenvalue weighted by Gasteiger charge is 2.61. The number of ether oxygens (including phenoxy) is 4. The number of nitrogens with zero attached hydrogens (tertiary/aromatic N) is 1. The molecule has 4 aliphatic rings. The predicted octanol–water partition coefficient (Wildman–Crippen LogP) is 2.08. The number of nitrogens with one attached hydrogen (secondary N) is 1. The lowest BCUT2D eigenvalue weighted by Gasteiger charge is -2.48. The molecule has 8 heteroatoms. The number of piperidine rings is 1. The highest BCUT2D eigenvalue weighted by Crippen LogP contribution is 2.55. The van der Waals surface area contributed by atoms with Crippen LogP contribution >= 0.6 is 0 Å². The largest absolute Gasteiger partial charge is 0.497 e. The first-order valence-electron chi connectivity index (χ1n) is 10.7. The van der Waals surface area contributed by atoms with Crippen LogP contribution in [0, 0.1) is 11.8 Å². The third-order valence-electron chi connectivity index (χ3n) is 7.73. The van der Waals surface area contributed by atoms with Crippen LogP contribution in [-0.4, -0.2) is 63.3 Å². The van der Waals surface area contributed by atoms with Gasteiger partial charge in [0, 0.05) is 36.2 Å². The SMILES string of the molecule is COC(=O)C1=COC(C)[C@H]2CN3CC[C@@]4(C(=O)Nc5cc(OC)c(OC)cc54)[C@H]3C[C@@H]12. The number of esters is 1. The summed E-state index contributed by atoms with van der Waals surface area (Å²) in [7, 11) is 4.58. The lowest BCUT2D eigenvalue weighted by molar-refractivity contribution is -0.139. The summed E-state index contributed by atoms with van der Waals surface area (Å²) in [6, 6.07) is 3.75. The molecule has 0 saturated carbocycles. The minimum absolute atomic E-state index is 0.00459. The summed E-state index contributed by atoms with van der Waals surface area (Å²) in [5.74, 6) is 1.02. The molecular weight excluding hydrogens is 400 g/mol. The molecule has 166 valence electrons. The predicted molar refractivity (Wildman–Crippen MR) is 112 cm³/mol. The van der Waals surface area contributed by atoms with Gasteiger partial charge in [0.2, 0.25) is 5.91 Å². The molecule has 4 aliphatic heterocycles. The van der Waals surface area contributed by atoms with Crippen LogP contribution in [-0.2, 0) is 24.5 Å². The number of methoxy groups -OCH3 is 3. The van der Waals surface area contributed by atoms with Gasteiger partial charge in [0.15, 0.2) is 11.5 Å². The van der Waals surface area contributed by atoms with Crippen molar-refractivity contribution >= 4 is 17.6 Å². The lowest BCUT2D eigenvalue weighted by Crippen LogP contribution is -2.56. The Morgan fingerprint density at radius 2 is 1.97 bits per heavy atom. The second-order valence-electron chi connectivity index (χ2n) is 8.85. The summed E-state index contributed by atoms with van der Waals surface area (Å²) in [4.78, 5) is 28.3. The molecule has 0 aromatic heterocycles. The Kier molecular flexibility index (Phi) is 4.66. The fraction of sp³-hybridized carbons (Fsp3) is 0.565. The fourth-order valence-corrected chi connectivity index (χ4v) is 6.14. The molecule has 8 nitrogen and oxygen atoms in total. The summed E-state index contributed by atoms with van der Waals surface area (Å²) in [6.45, 7) is 3.64. The minimum Gasteiger partial charge on any atom is -0.497 e. The van der Waals surface area contributed by atoms with Crippen molar-refractivity contribution < 1.29 is 28.5 Å². The first-order chi connectivity index (χ1) is 14.9. The van der Waals surface area contributed by atoms with Gasteiger partial charge in [0.1, 0.15) is 0 Å². The molecule has 1 aromatic carbocycles. The van der Waals surface area contributed by atoms with Gasteiger partial charge in [-0.2, -0.15) is 0 Å². The molecule has 5 atom stereocenters. The number of fused-ring (bicyclic) bond motifs is 5. The van der Waals surface area contributed by atoms with Crippen molar-refractivity contribution in [2.75, 3.05) is 39.7 Å². The van der Waals surface area contributed by atoms with Crippen molar-refractivity contribution in [3.63, 3.8) is 0 Å². The molecule has 0 bridgehead atoms. The summed E-state index contributed by atoms with van der Waals surface area (Å²) >= 11 is 0. The Hall–Kier alpha value is -2.74. The average molecular weight is 428 g/mol. The van der Waals surface area contributed by atoms with Crippen LogP contribution in [0.15, 0.2) is 24.0 Å². The van der Waals surface area contributed by atoms with Crippen LogP contribution in [0.3, 0.4) is 0 Å². The average Bonchev–Trinajstić information content (AvgIpc) is 3.29. The highest BCUT2D eigenvalue weighted by molar-refractivity contribution is 6.07. The van der Waals surface area contributed by atoms with Crippen LogP contribution < -0.4 is 14.8 Å². The Balaban J connectivity index is 1.57. The molecule has 1 amide bonds. The molecule has 0 aliphatic carbocycles. The number of hydrogen-bond donors (Lipinski definition) is 1. The Morgan fingerprint density at radius 3 is 2.68 bits per heavy atom. The van der Waals surface area contributed by atoms with Crippen molar-refractivity contribution in [1.82, 2.24) is 4.90 Å². The van der Waals surface area contributed by atoms with Crippen molar-refractivity contribution in [3.05, 3.63) is 29.5 Å². The summed E-state index contributed by atoms with van der Waals surface area (Å²) in [6.07, 6.45) is 2.98. The topological polar surface area (TPSA) is 86.3 Å². The number of carbonyl (C=O) groups excluding carboxylic acids is 2. The highest BCUT2D eigenvalue weighted by atomic mass is 16.5. The lowest BCUT2D eigenvalue weighted by atomic mass is 9.66. The van der Waals surface area contributed by atoms with Crippen molar-refractivity contribution in [1.29, 1.82) is 0 Å². The van der Waals surface area contributed by atoms with Gasteiger partial charge >= 0.3 is 5.97 Å². The normalized spacial score (nSPS) is 33.5. The van der Waals surface area contributed by atoms with Crippen molar-refractivity contribution in [2.45, 2.75) is 37.3 Å². The van der Waals surface area contributed by atoms with Gasteiger partial charge in [-0.25, -0.2) is 4.79 Å². The molecule has 2 fully saturated rings. The molecule has 1 unspecified atom stereocenters. The van der Waals surface area contributed by atoms with E-state index >= 15 is 0 Å². The molecular formula is C23H28N2O6. The van der Waals surface area contributed by atoms with Crippen LogP contribution in [0.2, 0.25) is 0 Å². The third-order valence-corrected chi connectivity index (χ3v) is 7.73. The first kappa shape index (κ1) is 20.2. The molecule has 0 radical (unpaired) electrons.